The molecule has 0 bridgehead atoms. The third-order valence-electron chi connectivity index (χ3n) is 2.72. The molecule has 0 aromatic heterocycles. The lowest BCUT2D eigenvalue weighted by Crippen LogP contribution is -2.01. The van der Waals surface area contributed by atoms with Gasteiger partial charge in [-0.25, -0.2) is 0 Å². The van der Waals surface area contributed by atoms with Gasteiger partial charge in [0.25, 0.3) is 0 Å². The summed E-state index contributed by atoms with van der Waals surface area (Å²) in [7, 11) is 0. The van der Waals surface area contributed by atoms with Crippen LogP contribution in [-0.4, -0.2) is 19.0 Å². The average molecular weight is 324 g/mol. The van der Waals surface area contributed by atoms with Gasteiger partial charge in [0.05, 0.1) is 13.2 Å². The number of halogens is 1. The molecule has 2 aromatic rings. The Morgan fingerprint density at radius 1 is 1.05 bits per heavy atom. The van der Waals surface area contributed by atoms with E-state index in [9.17, 15) is 0 Å². The summed E-state index contributed by atoms with van der Waals surface area (Å²) in [4.78, 5) is 1.02. The number of ether oxygens (including phenoxy) is 2. The first-order valence-electron chi connectivity index (χ1n) is 6.72. The first kappa shape index (κ1) is 15.9. The molecule has 0 radical (unpaired) electrons. The fourth-order valence-corrected chi connectivity index (χ4v) is 2.72. The average Bonchev–Trinajstić information content (AvgIpc) is 2.47. The second-order valence-electron chi connectivity index (χ2n) is 4.28. The molecule has 0 unspecified atom stereocenters. The van der Waals surface area contributed by atoms with Gasteiger partial charge >= 0.3 is 0 Å². The Bertz CT molecular complexity index is 575. The Hall–Kier alpha value is -1.52. The Morgan fingerprint density at radius 3 is 2.33 bits per heavy atom. The molecule has 0 aliphatic heterocycles. The fraction of sp³-hybridized carbons (Fsp3) is 0.250. The van der Waals surface area contributed by atoms with Crippen molar-refractivity contribution in [1.29, 1.82) is 0 Å². The van der Waals surface area contributed by atoms with Crippen molar-refractivity contribution >= 4 is 29.1 Å². The minimum absolute atomic E-state index is 0.612. The molecule has 0 aliphatic rings. The number of nitrogen functional groups attached to an aromatic ring is 1. The maximum atomic E-state index is 5.90. The molecule has 112 valence electrons. The molecule has 2 N–H and O–H groups in total. The van der Waals surface area contributed by atoms with Crippen LogP contribution >= 0.6 is 23.4 Å². The molecule has 0 aliphatic carbocycles. The second kappa shape index (κ2) is 8.05. The van der Waals surface area contributed by atoms with Crippen molar-refractivity contribution in [1.82, 2.24) is 0 Å². The van der Waals surface area contributed by atoms with Crippen LogP contribution in [0.15, 0.2) is 47.4 Å². The van der Waals surface area contributed by atoms with E-state index in [4.69, 9.17) is 26.8 Å². The first-order valence-corrected chi connectivity index (χ1v) is 8.09. The number of hydrogen-bond acceptors (Lipinski definition) is 4. The lowest BCUT2D eigenvalue weighted by Gasteiger charge is -2.09. The first-order chi connectivity index (χ1) is 10.2. The Morgan fingerprint density at radius 2 is 1.71 bits per heavy atom. The minimum Gasteiger partial charge on any atom is -0.494 e. The van der Waals surface area contributed by atoms with Crippen molar-refractivity contribution in [2.45, 2.75) is 11.8 Å². The highest BCUT2D eigenvalue weighted by molar-refractivity contribution is 7.99. The normalized spacial score (nSPS) is 10.4. The van der Waals surface area contributed by atoms with Crippen LogP contribution in [0.25, 0.3) is 0 Å². The summed E-state index contributed by atoms with van der Waals surface area (Å²) in [6.45, 7) is 3.24. The molecule has 2 rings (SSSR count). The number of nitrogens with two attached hydrogens (primary N) is 1. The van der Waals surface area contributed by atoms with E-state index in [1.165, 1.54) is 0 Å². The van der Waals surface area contributed by atoms with Crippen LogP contribution < -0.4 is 15.2 Å². The van der Waals surface area contributed by atoms with Crippen molar-refractivity contribution in [3.8, 4) is 11.5 Å². The predicted molar refractivity (Wildman–Crippen MR) is 89.7 cm³/mol. The Labute approximate surface area is 134 Å². The molecule has 0 spiro atoms. The largest absolute Gasteiger partial charge is 0.494 e. The van der Waals surface area contributed by atoms with Crippen LogP contribution in [0.5, 0.6) is 11.5 Å². The van der Waals surface area contributed by atoms with Crippen LogP contribution in [-0.2, 0) is 0 Å². The number of thioether (sulfide) groups is 1. The third-order valence-corrected chi connectivity index (χ3v) is 4.00. The van der Waals surface area contributed by atoms with Gasteiger partial charge in [-0.2, -0.15) is 0 Å². The number of rotatable bonds is 7. The van der Waals surface area contributed by atoms with Crippen molar-refractivity contribution in [3.63, 3.8) is 0 Å². The molecule has 0 saturated carbocycles. The molecule has 0 saturated heterocycles. The van der Waals surface area contributed by atoms with Crippen molar-refractivity contribution in [3.05, 3.63) is 47.5 Å². The molecular weight excluding hydrogens is 306 g/mol. The highest BCUT2D eigenvalue weighted by Crippen LogP contribution is 2.27. The summed E-state index contributed by atoms with van der Waals surface area (Å²) < 4.78 is 11.1. The molecular formula is C16H18ClNO2S. The zero-order chi connectivity index (χ0) is 15.1. The van der Waals surface area contributed by atoms with Gasteiger partial charge in [0, 0.05) is 21.4 Å². The van der Waals surface area contributed by atoms with Gasteiger partial charge in [-0.05, 0) is 49.4 Å². The standard InChI is InChI=1S/C16H18ClNO2S/c1-2-19-13-4-6-14(7-5-13)20-9-10-21-16-8-3-12(17)11-15(16)18/h3-8,11H,2,9-10,18H2,1H3. The molecule has 21 heavy (non-hydrogen) atoms. The predicted octanol–water partition coefficient (Wildman–Crippen LogP) is 4.49. The van der Waals surface area contributed by atoms with E-state index in [-0.39, 0.29) is 0 Å². The minimum atomic E-state index is 0.612. The molecule has 0 fully saturated rings. The summed E-state index contributed by atoms with van der Waals surface area (Å²) in [5.74, 6) is 2.51. The molecule has 3 nitrogen and oxygen atoms in total. The highest BCUT2D eigenvalue weighted by Gasteiger charge is 2.01. The van der Waals surface area contributed by atoms with E-state index in [2.05, 4.69) is 0 Å². The van der Waals surface area contributed by atoms with Gasteiger partial charge in [0.15, 0.2) is 0 Å². The molecule has 0 amide bonds. The van der Waals surface area contributed by atoms with E-state index >= 15 is 0 Å². The third kappa shape index (κ3) is 5.06. The summed E-state index contributed by atoms with van der Waals surface area (Å²) in [6.07, 6.45) is 0. The summed E-state index contributed by atoms with van der Waals surface area (Å²) >= 11 is 7.52. The van der Waals surface area contributed by atoms with Crippen LogP contribution in [0.2, 0.25) is 5.02 Å². The molecule has 0 heterocycles. The van der Waals surface area contributed by atoms with E-state index in [1.807, 2.05) is 43.3 Å². The summed E-state index contributed by atoms with van der Waals surface area (Å²) in [5.41, 5.74) is 6.60. The van der Waals surface area contributed by atoms with E-state index in [0.29, 0.717) is 23.9 Å². The monoisotopic (exact) mass is 323 g/mol. The van der Waals surface area contributed by atoms with Crippen LogP contribution in [0, 0.1) is 0 Å². The van der Waals surface area contributed by atoms with E-state index < -0.39 is 0 Å². The molecule has 2 aromatic carbocycles. The summed E-state index contributed by atoms with van der Waals surface area (Å²) in [5, 5.41) is 0.655. The van der Waals surface area contributed by atoms with Crippen molar-refractivity contribution < 1.29 is 9.47 Å². The van der Waals surface area contributed by atoms with Gasteiger partial charge in [-0.3, -0.25) is 0 Å². The number of hydrogen-bond donors (Lipinski definition) is 1. The van der Waals surface area contributed by atoms with Crippen LogP contribution in [0.1, 0.15) is 6.92 Å². The van der Waals surface area contributed by atoms with E-state index in [1.54, 1.807) is 17.8 Å². The maximum Gasteiger partial charge on any atom is 0.119 e. The maximum absolute atomic E-state index is 5.90. The van der Waals surface area contributed by atoms with Gasteiger partial charge in [-0.1, -0.05) is 11.6 Å². The smallest absolute Gasteiger partial charge is 0.119 e. The van der Waals surface area contributed by atoms with Crippen molar-refractivity contribution in [2.75, 3.05) is 24.7 Å². The lowest BCUT2D eigenvalue weighted by atomic mass is 10.3. The SMILES string of the molecule is CCOc1ccc(OCCSc2ccc(Cl)cc2N)cc1. The van der Waals surface area contributed by atoms with Gasteiger partial charge in [0.2, 0.25) is 0 Å². The van der Waals surface area contributed by atoms with E-state index in [0.717, 1.165) is 22.1 Å². The van der Waals surface area contributed by atoms with Crippen molar-refractivity contribution in [2.24, 2.45) is 0 Å². The number of anilines is 1. The zero-order valence-electron chi connectivity index (χ0n) is 11.8. The fourth-order valence-electron chi connectivity index (χ4n) is 1.76. The quantitative estimate of drug-likeness (QED) is 0.463. The highest BCUT2D eigenvalue weighted by atomic mass is 35.5. The Balaban J connectivity index is 1.76. The van der Waals surface area contributed by atoms with Gasteiger partial charge < -0.3 is 15.2 Å². The Kier molecular flexibility index (Phi) is 6.08. The second-order valence-corrected chi connectivity index (χ2v) is 5.86. The zero-order valence-corrected chi connectivity index (χ0v) is 13.4. The topological polar surface area (TPSA) is 44.5 Å². The van der Waals surface area contributed by atoms with Crippen LogP contribution in [0.3, 0.4) is 0 Å². The number of benzene rings is 2. The molecule has 5 heteroatoms. The van der Waals surface area contributed by atoms with Crippen LogP contribution in [0.4, 0.5) is 5.69 Å². The van der Waals surface area contributed by atoms with Gasteiger partial charge in [-0.15, -0.1) is 11.8 Å². The van der Waals surface area contributed by atoms with Gasteiger partial charge in [0.1, 0.15) is 11.5 Å². The summed E-state index contributed by atoms with van der Waals surface area (Å²) in [6, 6.07) is 13.2. The molecule has 0 atom stereocenters. The lowest BCUT2D eigenvalue weighted by molar-refractivity contribution is 0.332.